The Balaban J connectivity index is 1.57. The zero-order valence-corrected chi connectivity index (χ0v) is 17.7. The van der Waals surface area contributed by atoms with Gasteiger partial charge in [-0.3, -0.25) is 4.79 Å². The van der Waals surface area contributed by atoms with E-state index in [0.29, 0.717) is 30.2 Å². The molecule has 0 saturated heterocycles. The van der Waals surface area contributed by atoms with Crippen molar-refractivity contribution >= 4 is 16.0 Å². The molecule has 0 spiro atoms. The van der Waals surface area contributed by atoms with Gasteiger partial charge in [-0.05, 0) is 41.5 Å². The molecule has 0 N–H and O–H groups in total. The van der Waals surface area contributed by atoms with Crippen LogP contribution in [0.5, 0.6) is 17.2 Å². The summed E-state index contributed by atoms with van der Waals surface area (Å²) >= 11 is 0. The zero-order valence-electron chi connectivity index (χ0n) is 16.9. The van der Waals surface area contributed by atoms with Crippen LogP contribution >= 0.6 is 0 Å². The Labute approximate surface area is 180 Å². The van der Waals surface area contributed by atoms with Gasteiger partial charge < -0.3 is 18.6 Å². The second-order valence-electron chi connectivity index (χ2n) is 7.15. The molecule has 0 radical (unpaired) electrons. The van der Waals surface area contributed by atoms with Crippen LogP contribution in [0.2, 0.25) is 0 Å². The molecule has 1 aliphatic heterocycles. The van der Waals surface area contributed by atoms with Gasteiger partial charge in [-0.1, -0.05) is 42.5 Å². The third kappa shape index (κ3) is 5.35. The topological polar surface area (TPSA) is 82.1 Å². The number of amides is 1. The number of ether oxygens (including phenoxy) is 2. The van der Waals surface area contributed by atoms with Crippen molar-refractivity contribution in [1.29, 1.82) is 0 Å². The Morgan fingerprint density at radius 1 is 0.903 bits per heavy atom. The lowest BCUT2D eigenvalue weighted by atomic mass is 10.1. The number of fused-ring (bicyclic) bond motifs is 1. The third-order valence-electron chi connectivity index (χ3n) is 4.67. The first-order chi connectivity index (χ1) is 14.9. The van der Waals surface area contributed by atoms with E-state index in [4.69, 9.17) is 13.7 Å². The maximum absolute atomic E-state index is 13.3. The summed E-state index contributed by atoms with van der Waals surface area (Å²) in [6.07, 6.45) is 0.993. The molecule has 1 amide bonds. The van der Waals surface area contributed by atoms with Crippen LogP contribution in [0.4, 0.5) is 0 Å². The van der Waals surface area contributed by atoms with Crippen LogP contribution in [-0.2, 0) is 23.2 Å². The first kappa shape index (κ1) is 20.7. The van der Waals surface area contributed by atoms with Crippen molar-refractivity contribution in [2.45, 2.75) is 13.1 Å². The Morgan fingerprint density at radius 2 is 1.55 bits per heavy atom. The normalized spacial score (nSPS) is 12.4. The second kappa shape index (κ2) is 8.69. The SMILES string of the molecule is CS(=O)(=O)Oc1ccc(CN(Cc2ccccc2)C(=O)c2ccc3c(c2)OCO3)cc1. The maximum Gasteiger partial charge on any atom is 0.306 e. The highest BCUT2D eigenvalue weighted by Gasteiger charge is 2.21. The van der Waals surface area contributed by atoms with E-state index in [9.17, 15) is 13.2 Å². The van der Waals surface area contributed by atoms with Crippen molar-refractivity contribution in [3.8, 4) is 17.2 Å². The van der Waals surface area contributed by atoms with Crippen molar-refractivity contribution in [2.75, 3.05) is 13.0 Å². The third-order valence-corrected chi connectivity index (χ3v) is 5.16. The summed E-state index contributed by atoms with van der Waals surface area (Å²) < 4.78 is 38.2. The van der Waals surface area contributed by atoms with Gasteiger partial charge >= 0.3 is 10.1 Å². The molecule has 0 unspecified atom stereocenters. The maximum atomic E-state index is 13.3. The highest BCUT2D eigenvalue weighted by atomic mass is 32.2. The summed E-state index contributed by atoms with van der Waals surface area (Å²) in [6, 6.07) is 21.5. The molecule has 3 aromatic carbocycles. The van der Waals surface area contributed by atoms with Crippen LogP contribution in [0.25, 0.3) is 0 Å². The number of benzene rings is 3. The molecule has 1 heterocycles. The second-order valence-corrected chi connectivity index (χ2v) is 8.72. The molecule has 0 atom stereocenters. The van der Waals surface area contributed by atoms with Crippen molar-refractivity contribution < 1.29 is 26.9 Å². The lowest BCUT2D eigenvalue weighted by Crippen LogP contribution is -2.30. The average molecular weight is 439 g/mol. The molecule has 0 aliphatic carbocycles. The minimum absolute atomic E-state index is 0.141. The van der Waals surface area contributed by atoms with Crippen LogP contribution in [0.1, 0.15) is 21.5 Å². The molecule has 4 rings (SSSR count). The monoisotopic (exact) mass is 439 g/mol. The number of carbonyl (C=O) groups is 1. The highest BCUT2D eigenvalue weighted by molar-refractivity contribution is 7.86. The summed E-state index contributed by atoms with van der Waals surface area (Å²) in [4.78, 5) is 15.1. The zero-order chi connectivity index (χ0) is 21.8. The molecule has 3 aromatic rings. The van der Waals surface area contributed by atoms with E-state index in [1.165, 1.54) is 0 Å². The minimum atomic E-state index is -3.59. The molecule has 0 fully saturated rings. The van der Waals surface area contributed by atoms with Gasteiger partial charge in [-0.25, -0.2) is 0 Å². The summed E-state index contributed by atoms with van der Waals surface area (Å²) in [5.74, 6) is 1.24. The van der Waals surface area contributed by atoms with E-state index >= 15 is 0 Å². The molecular weight excluding hydrogens is 418 g/mol. The predicted octanol–water partition coefficient (Wildman–Crippen LogP) is 3.60. The molecule has 0 aromatic heterocycles. The lowest BCUT2D eigenvalue weighted by Gasteiger charge is -2.23. The van der Waals surface area contributed by atoms with Crippen molar-refractivity contribution in [3.05, 3.63) is 89.5 Å². The summed E-state index contributed by atoms with van der Waals surface area (Å²) in [5, 5.41) is 0. The number of hydrogen-bond donors (Lipinski definition) is 0. The molecule has 31 heavy (non-hydrogen) atoms. The van der Waals surface area contributed by atoms with E-state index in [-0.39, 0.29) is 18.4 Å². The number of carbonyl (C=O) groups excluding carboxylic acids is 1. The van der Waals surface area contributed by atoms with E-state index in [1.807, 2.05) is 30.3 Å². The van der Waals surface area contributed by atoms with Gasteiger partial charge in [0.2, 0.25) is 6.79 Å². The van der Waals surface area contributed by atoms with Crippen molar-refractivity contribution in [2.24, 2.45) is 0 Å². The van der Waals surface area contributed by atoms with E-state index in [0.717, 1.165) is 17.4 Å². The molecule has 160 valence electrons. The van der Waals surface area contributed by atoms with Gasteiger partial charge in [0.1, 0.15) is 5.75 Å². The fraction of sp³-hybridized carbons (Fsp3) is 0.174. The van der Waals surface area contributed by atoms with Gasteiger partial charge in [0.25, 0.3) is 5.91 Å². The number of hydrogen-bond acceptors (Lipinski definition) is 6. The van der Waals surface area contributed by atoms with Gasteiger partial charge in [0.05, 0.1) is 6.26 Å². The predicted molar refractivity (Wildman–Crippen MR) is 114 cm³/mol. The molecule has 8 heteroatoms. The van der Waals surface area contributed by atoms with Crippen LogP contribution in [0.3, 0.4) is 0 Å². The fourth-order valence-corrected chi connectivity index (χ4v) is 3.72. The van der Waals surface area contributed by atoms with Crippen molar-refractivity contribution in [3.63, 3.8) is 0 Å². The average Bonchev–Trinajstić information content (AvgIpc) is 3.22. The standard InChI is InChI=1S/C23H21NO6S/c1-31(26,27)30-20-10-7-18(8-11-20)15-24(14-17-5-3-2-4-6-17)23(25)19-9-12-21-22(13-19)29-16-28-21/h2-13H,14-16H2,1H3. The Bertz CT molecular complexity index is 1180. The minimum Gasteiger partial charge on any atom is -0.454 e. The van der Waals surface area contributed by atoms with Gasteiger partial charge in [0, 0.05) is 18.7 Å². The molecule has 1 aliphatic rings. The van der Waals surface area contributed by atoms with E-state index in [1.54, 1.807) is 47.4 Å². The van der Waals surface area contributed by atoms with Crippen molar-refractivity contribution in [1.82, 2.24) is 4.90 Å². The molecule has 0 saturated carbocycles. The van der Waals surface area contributed by atoms with Gasteiger partial charge in [0.15, 0.2) is 11.5 Å². The number of nitrogens with zero attached hydrogens (tertiary/aromatic N) is 1. The van der Waals surface area contributed by atoms with Gasteiger partial charge in [-0.2, -0.15) is 8.42 Å². The Kier molecular flexibility index (Phi) is 5.81. The fourth-order valence-electron chi connectivity index (χ4n) is 3.26. The van der Waals surface area contributed by atoms with E-state index in [2.05, 4.69) is 0 Å². The van der Waals surface area contributed by atoms with Crippen LogP contribution in [0, 0.1) is 0 Å². The highest BCUT2D eigenvalue weighted by Crippen LogP contribution is 2.33. The van der Waals surface area contributed by atoms with Crippen LogP contribution in [-0.4, -0.2) is 32.3 Å². The van der Waals surface area contributed by atoms with E-state index < -0.39 is 10.1 Å². The molecular formula is C23H21NO6S. The Hall–Kier alpha value is -3.52. The van der Waals surface area contributed by atoms with Crippen LogP contribution in [0.15, 0.2) is 72.8 Å². The number of rotatable bonds is 7. The summed E-state index contributed by atoms with van der Waals surface area (Å²) in [7, 11) is -3.59. The quantitative estimate of drug-likeness (QED) is 0.523. The smallest absolute Gasteiger partial charge is 0.306 e. The summed E-state index contributed by atoms with van der Waals surface area (Å²) in [5.41, 5.74) is 2.33. The summed E-state index contributed by atoms with van der Waals surface area (Å²) in [6.45, 7) is 0.889. The molecule has 0 bridgehead atoms. The first-order valence-corrected chi connectivity index (χ1v) is 11.4. The first-order valence-electron chi connectivity index (χ1n) is 9.59. The van der Waals surface area contributed by atoms with Crippen LogP contribution < -0.4 is 13.7 Å². The van der Waals surface area contributed by atoms with Gasteiger partial charge in [-0.15, -0.1) is 0 Å². The molecule has 7 nitrogen and oxygen atoms in total. The largest absolute Gasteiger partial charge is 0.454 e. The Morgan fingerprint density at radius 3 is 2.23 bits per heavy atom. The lowest BCUT2D eigenvalue weighted by molar-refractivity contribution is 0.0729.